The van der Waals surface area contributed by atoms with Crippen molar-refractivity contribution in [3.63, 3.8) is 0 Å². The smallest absolute Gasteiger partial charge is 0.240 e. The van der Waals surface area contributed by atoms with Gasteiger partial charge >= 0.3 is 0 Å². The molecular formula is C24H24NO9S-. The van der Waals surface area contributed by atoms with Crippen LogP contribution >= 0.6 is 0 Å². The van der Waals surface area contributed by atoms with E-state index in [1.165, 1.54) is 14.2 Å². The second-order valence-electron chi connectivity index (χ2n) is 9.50. The number of hydrogen-bond donors (Lipinski definition) is 1. The molecule has 35 heavy (non-hydrogen) atoms. The van der Waals surface area contributed by atoms with Crippen LogP contribution in [0, 0.1) is 11.3 Å². The molecule has 1 spiro atoms. The number of nitrogens with zero attached hydrogens (tertiary/aromatic N) is 1. The minimum atomic E-state index is -4.71. The zero-order chi connectivity index (χ0) is 25.5. The number of likely N-dealkylation sites (tertiary alicyclic amines) is 1. The summed E-state index contributed by atoms with van der Waals surface area (Å²) in [7, 11) is -1.71. The molecule has 1 amide bonds. The van der Waals surface area contributed by atoms with Gasteiger partial charge in [0.1, 0.15) is 28.9 Å². The molecule has 186 valence electrons. The summed E-state index contributed by atoms with van der Waals surface area (Å²) in [6.45, 7) is 1.12. The lowest BCUT2D eigenvalue weighted by atomic mass is 9.52. The number of Topliss-reactive ketones (excluding diaryl/α,β-unsaturated/α-hetero) is 2. The standard InChI is InChI=1S/C24H25NO9S/c1-23-7-6-16(26)19-21(28)25(8-9-35(30,31)32)22(29)24(19,23)20(27)14-10-12-13(11-15(14)23)18(34-3)5-4-17(12)33-2/h4-5,10-11,19,21,28H,6-9H2,1-3H3,(H,30,31,32)/p-1/t19-,21+,23-,24-/m0/s1. The van der Waals surface area contributed by atoms with Crippen LogP contribution in [0.1, 0.15) is 35.7 Å². The van der Waals surface area contributed by atoms with Gasteiger partial charge in [0.05, 0.1) is 36.0 Å². The number of carbonyl (C=O) groups excluding carboxylic acids is 3. The van der Waals surface area contributed by atoms with Gasteiger partial charge in [-0.15, -0.1) is 0 Å². The number of rotatable bonds is 5. The molecule has 1 N–H and O–H groups in total. The third-order valence-electron chi connectivity index (χ3n) is 8.06. The van der Waals surface area contributed by atoms with Gasteiger partial charge in [0.2, 0.25) is 5.91 Å². The quantitative estimate of drug-likeness (QED) is 0.466. The van der Waals surface area contributed by atoms with Gasteiger partial charge in [0.25, 0.3) is 0 Å². The van der Waals surface area contributed by atoms with E-state index >= 15 is 0 Å². The van der Waals surface area contributed by atoms with E-state index in [0.29, 0.717) is 27.8 Å². The number of aliphatic hydroxyl groups is 1. The molecule has 1 saturated heterocycles. The molecule has 2 aromatic carbocycles. The zero-order valence-electron chi connectivity index (χ0n) is 19.4. The Balaban J connectivity index is 1.76. The Morgan fingerprint density at radius 1 is 1.11 bits per heavy atom. The van der Waals surface area contributed by atoms with Crippen molar-refractivity contribution in [2.45, 2.75) is 31.4 Å². The van der Waals surface area contributed by atoms with E-state index < -0.39 is 62.9 Å². The van der Waals surface area contributed by atoms with Crippen LogP contribution in [0.25, 0.3) is 10.8 Å². The first-order valence-electron chi connectivity index (χ1n) is 11.1. The number of hydrogen-bond acceptors (Lipinski definition) is 9. The highest BCUT2D eigenvalue weighted by atomic mass is 32.2. The molecule has 0 aromatic heterocycles. The largest absolute Gasteiger partial charge is 0.748 e. The Morgan fingerprint density at radius 2 is 1.71 bits per heavy atom. The van der Waals surface area contributed by atoms with Crippen molar-refractivity contribution in [1.82, 2.24) is 4.90 Å². The second kappa shape index (κ2) is 7.49. The van der Waals surface area contributed by atoms with E-state index in [2.05, 4.69) is 0 Å². The number of methoxy groups -OCH3 is 2. The van der Waals surface area contributed by atoms with E-state index in [4.69, 9.17) is 9.47 Å². The molecule has 1 saturated carbocycles. The maximum Gasteiger partial charge on any atom is 0.240 e. The molecule has 0 bridgehead atoms. The first-order chi connectivity index (χ1) is 16.4. The Labute approximate surface area is 201 Å². The number of aliphatic hydroxyl groups excluding tert-OH is 1. The highest BCUT2D eigenvalue weighted by Gasteiger charge is 2.77. The summed E-state index contributed by atoms with van der Waals surface area (Å²) in [6, 6.07) is 6.82. The van der Waals surface area contributed by atoms with Gasteiger partial charge in [-0.2, -0.15) is 0 Å². The Kier molecular flexibility index (Phi) is 5.07. The number of amides is 1. The third kappa shape index (κ3) is 2.88. The third-order valence-corrected chi connectivity index (χ3v) is 8.75. The van der Waals surface area contributed by atoms with Crippen molar-refractivity contribution >= 4 is 38.4 Å². The number of ether oxygens (including phenoxy) is 2. The number of benzene rings is 2. The number of ketones is 2. The Morgan fingerprint density at radius 3 is 2.29 bits per heavy atom. The van der Waals surface area contributed by atoms with Crippen molar-refractivity contribution in [3.8, 4) is 11.5 Å². The molecule has 2 aromatic rings. The summed E-state index contributed by atoms with van der Waals surface area (Å²) < 4.78 is 44.7. The lowest BCUT2D eigenvalue weighted by Gasteiger charge is -2.45. The normalized spacial score (nSPS) is 29.9. The summed E-state index contributed by atoms with van der Waals surface area (Å²) >= 11 is 0. The second-order valence-corrected chi connectivity index (χ2v) is 11.0. The van der Waals surface area contributed by atoms with Crippen molar-refractivity contribution in [2.24, 2.45) is 11.3 Å². The molecule has 1 aliphatic heterocycles. The number of carbonyl (C=O) groups is 3. The van der Waals surface area contributed by atoms with Crippen LogP contribution in [-0.2, 0) is 25.1 Å². The first kappa shape index (κ1) is 23.7. The van der Waals surface area contributed by atoms with Crippen LogP contribution < -0.4 is 9.47 Å². The van der Waals surface area contributed by atoms with Crippen molar-refractivity contribution in [1.29, 1.82) is 0 Å². The van der Waals surface area contributed by atoms with E-state index in [9.17, 15) is 32.5 Å². The predicted molar refractivity (Wildman–Crippen MR) is 121 cm³/mol. The van der Waals surface area contributed by atoms with Gasteiger partial charge in [-0.1, -0.05) is 6.92 Å². The molecule has 11 heteroatoms. The summed E-state index contributed by atoms with van der Waals surface area (Å²) in [4.78, 5) is 41.9. The maximum absolute atomic E-state index is 14.1. The maximum atomic E-state index is 14.1. The van der Waals surface area contributed by atoms with E-state index in [1.807, 2.05) is 0 Å². The fourth-order valence-corrected chi connectivity index (χ4v) is 6.85. The van der Waals surface area contributed by atoms with Gasteiger partial charge in [-0.25, -0.2) is 8.42 Å². The highest BCUT2D eigenvalue weighted by Crippen LogP contribution is 2.65. The van der Waals surface area contributed by atoms with Crippen molar-refractivity contribution in [3.05, 3.63) is 35.4 Å². The van der Waals surface area contributed by atoms with Gasteiger partial charge in [-0.3, -0.25) is 14.4 Å². The zero-order valence-corrected chi connectivity index (χ0v) is 20.2. The Hall–Kier alpha value is -3.02. The van der Waals surface area contributed by atoms with Crippen LogP contribution in [0.2, 0.25) is 0 Å². The first-order valence-corrected chi connectivity index (χ1v) is 12.7. The van der Waals surface area contributed by atoms with Crippen molar-refractivity contribution in [2.75, 3.05) is 26.5 Å². The summed E-state index contributed by atoms with van der Waals surface area (Å²) in [5.41, 5.74) is -2.29. The van der Waals surface area contributed by atoms with Crippen LogP contribution in [0.4, 0.5) is 0 Å². The Bertz CT molecular complexity index is 1420. The topological polar surface area (TPSA) is 150 Å². The van der Waals surface area contributed by atoms with Crippen molar-refractivity contribution < 1.29 is 41.9 Å². The van der Waals surface area contributed by atoms with Crippen LogP contribution in [0.3, 0.4) is 0 Å². The lowest BCUT2D eigenvalue weighted by Crippen LogP contribution is -2.58. The average molecular weight is 503 g/mol. The molecule has 1 heterocycles. The van der Waals surface area contributed by atoms with E-state index in [0.717, 1.165) is 4.90 Å². The van der Waals surface area contributed by atoms with Crippen LogP contribution in [-0.4, -0.2) is 73.2 Å². The molecule has 0 unspecified atom stereocenters. The average Bonchev–Trinajstić information content (AvgIpc) is 3.16. The van der Waals surface area contributed by atoms with E-state index in [1.54, 1.807) is 31.2 Å². The molecule has 3 aliphatic rings. The summed E-state index contributed by atoms with van der Waals surface area (Å²) in [5, 5.41) is 12.3. The van der Waals surface area contributed by atoms with Gasteiger partial charge in [-0.05, 0) is 36.2 Å². The fraction of sp³-hybridized carbons (Fsp3) is 0.458. The van der Waals surface area contributed by atoms with Crippen LogP contribution in [0.15, 0.2) is 24.3 Å². The highest BCUT2D eigenvalue weighted by molar-refractivity contribution is 7.85. The molecule has 0 radical (unpaired) electrons. The minimum Gasteiger partial charge on any atom is -0.748 e. The summed E-state index contributed by atoms with van der Waals surface area (Å²) in [5.74, 6) is -3.19. The lowest BCUT2D eigenvalue weighted by molar-refractivity contribution is -0.143. The fourth-order valence-electron chi connectivity index (χ4n) is 6.43. The molecule has 4 atom stereocenters. The molecule has 10 nitrogen and oxygen atoms in total. The van der Waals surface area contributed by atoms with Gasteiger partial charge in [0.15, 0.2) is 5.78 Å². The van der Waals surface area contributed by atoms with Gasteiger partial charge < -0.3 is 24.0 Å². The monoisotopic (exact) mass is 502 g/mol. The molecular weight excluding hydrogens is 478 g/mol. The van der Waals surface area contributed by atoms with E-state index in [-0.39, 0.29) is 18.4 Å². The van der Waals surface area contributed by atoms with Crippen LogP contribution in [0.5, 0.6) is 11.5 Å². The minimum absolute atomic E-state index is 0.0287. The predicted octanol–water partition coefficient (Wildman–Crippen LogP) is 0.982. The summed E-state index contributed by atoms with van der Waals surface area (Å²) in [6.07, 6.45) is -1.50. The SMILES string of the molecule is COc1ccc(OC)c2cc3c(cc12)C(=O)[C@]12C(=O)N(CCS(=O)(=O)[O-])[C@H](O)[C@@H]1C(=O)CC[C@@]32C. The number of fused-ring (bicyclic) bond motifs is 3. The molecule has 2 aliphatic carbocycles. The molecule has 2 fully saturated rings. The molecule has 5 rings (SSSR count). The van der Waals surface area contributed by atoms with Gasteiger partial charge in [0, 0.05) is 34.7 Å².